The molecule has 0 aliphatic heterocycles. The second-order valence-corrected chi connectivity index (χ2v) is 5.84. The minimum Gasteiger partial charge on any atom is -0.492 e. The highest BCUT2D eigenvalue weighted by Gasteiger charge is 2.25. The third kappa shape index (κ3) is 5.11. The summed E-state index contributed by atoms with van der Waals surface area (Å²) in [6.45, 7) is 6.02. The zero-order valence-electron chi connectivity index (χ0n) is 11.7. The number of ether oxygens (including phenoxy) is 1. The van der Waals surface area contributed by atoms with Crippen molar-refractivity contribution >= 4 is 17.6 Å². The van der Waals surface area contributed by atoms with Crippen LogP contribution in [0.4, 0.5) is 0 Å². The van der Waals surface area contributed by atoms with E-state index in [1.807, 2.05) is 25.1 Å². The summed E-state index contributed by atoms with van der Waals surface area (Å²) in [6, 6.07) is 5.68. The number of benzene rings is 1. The maximum Gasteiger partial charge on any atom is 0.309 e. The Balaban J connectivity index is 2.30. The van der Waals surface area contributed by atoms with E-state index in [1.165, 1.54) is 0 Å². The molecule has 0 radical (unpaired) electrons. The summed E-state index contributed by atoms with van der Waals surface area (Å²) in [5, 5.41) is 9.61. The van der Waals surface area contributed by atoms with Crippen LogP contribution in [-0.2, 0) is 4.79 Å². The van der Waals surface area contributed by atoms with Crippen LogP contribution in [0.15, 0.2) is 18.2 Å². The third-order valence-electron chi connectivity index (χ3n) is 3.12. The number of hydrogen-bond acceptors (Lipinski definition) is 2. The molecule has 0 aliphatic rings. The van der Waals surface area contributed by atoms with Crippen LogP contribution in [-0.4, -0.2) is 17.7 Å². The Kier molecular flexibility index (Phi) is 5.67. The minimum absolute atomic E-state index is 0.554. The normalized spacial score (nSPS) is 11.4. The Morgan fingerprint density at radius 2 is 2.05 bits per heavy atom. The summed E-state index contributed by atoms with van der Waals surface area (Å²) in [5.74, 6) is -0.0697. The number of rotatable bonds is 7. The first kappa shape index (κ1) is 15.8. The van der Waals surface area contributed by atoms with Crippen LogP contribution in [0, 0.1) is 12.3 Å². The van der Waals surface area contributed by atoms with Crippen LogP contribution in [0.25, 0.3) is 0 Å². The van der Waals surface area contributed by atoms with E-state index in [0.29, 0.717) is 23.8 Å². The molecule has 19 heavy (non-hydrogen) atoms. The Morgan fingerprint density at radius 1 is 1.37 bits per heavy atom. The number of aliphatic carboxylic acids is 1. The maximum atomic E-state index is 10.9. The summed E-state index contributed by atoms with van der Waals surface area (Å²) in [6.07, 6.45) is 2.29. The van der Waals surface area contributed by atoms with E-state index >= 15 is 0 Å². The Hall–Kier alpha value is -1.22. The van der Waals surface area contributed by atoms with Crippen LogP contribution >= 0.6 is 11.6 Å². The molecule has 3 nitrogen and oxygen atoms in total. The molecule has 0 unspecified atom stereocenters. The van der Waals surface area contributed by atoms with Crippen molar-refractivity contribution in [1.29, 1.82) is 0 Å². The molecule has 1 N–H and O–H groups in total. The fourth-order valence-corrected chi connectivity index (χ4v) is 1.97. The lowest BCUT2D eigenvalue weighted by Gasteiger charge is -2.18. The minimum atomic E-state index is -0.755. The van der Waals surface area contributed by atoms with Gasteiger partial charge in [-0.15, -0.1) is 0 Å². The van der Waals surface area contributed by atoms with E-state index in [4.69, 9.17) is 21.4 Å². The molecular weight excluding hydrogens is 264 g/mol. The molecule has 0 aliphatic carbocycles. The van der Waals surface area contributed by atoms with Gasteiger partial charge in [0.25, 0.3) is 0 Å². The van der Waals surface area contributed by atoms with Gasteiger partial charge in [-0.1, -0.05) is 17.7 Å². The quantitative estimate of drug-likeness (QED) is 0.759. The third-order valence-corrected chi connectivity index (χ3v) is 3.42. The first-order valence-electron chi connectivity index (χ1n) is 6.45. The van der Waals surface area contributed by atoms with Crippen molar-refractivity contribution in [2.24, 2.45) is 5.41 Å². The van der Waals surface area contributed by atoms with Crippen molar-refractivity contribution in [2.45, 2.75) is 40.0 Å². The molecule has 0 fully saturated rings. The highest BCUT2D eigenvalue weighted by atomic mass is 35.5. The molecule has 1 rings (SSSR count). The van der Waals surface area contributed by atoms with E-state index in [1.54, 1.807) is 13.8 Å². The summed E-state index contributed by atoms with van der Waals surface area (Å²) in [7, 11) is 0. The van der Waals surface area contributed by atoms with Gasteiger partial charge in [-0.3, -0.25) is 4.79 Å². The SMILES string of the molecule is Cc1ccc(OCCCCC(C)(C)C(=O)O)c(Cl)c1. The van der Waals surface area contributed by atoms with Crippen LogP contribution in [0.2, 0.25) is 5.02 Å². The van der Waals surface area contributed by atoms with E-state index in [9.17, 15) is 4.79 Å². The summed E-state index contributed by atoms with van der Waals surface area (Å²) in [5.41, 5.74) is 0.433. The van der Waals surface area contributed by atoms with Gasteiger partial charge < -0.3 is 9.84 Å². The molecule has 4 heteroatoms. The molecule has 0 saturated heterocycles. The number of carboxylic acids is 1. The maximum absolute atomic E-state index is 10.9. The van der Waals surface area contributed by atoms with E-state index in [-0.39, 0.29) is 0 Å². The monoisotopic (exact) mass is 284 g/mol. The number of carboxylic acid groups (broad SMARTS) is 1. The van der Waals surface area contributed by atoms with Gasteiger partial charge >= 0.3 is 5.97 Å². The fourth-order valence-electron chi connectivity index (χ4n) is 1.68. The van der Waals surface area contributed by atoms with Crippen LogP contribution in [0.5, 0.6) is 5.75 Å². The Morgan fingerprint density at radius 3 is 2.63 bits per heavy atom. The van der Waals surface area contributed by atoms with Crippen molar-refractivity contribution < 1.29 is 14.6 Å². The number of halogens is 1. The molecule has 0 amide bonds. The van der Waals surface area contributed by atoms with Gasteiger partial charge in [0.05, 0.1) is 17.0 Å². The van der Waals surface area contributed by atoms with Gasteiger partial charge in [-0.2, -0.15) is 0 Å². The first-order valence-corrected chi connectivity index (χ1v) is 6.83. The van der Waals surface area contributed by atoms with Crippen molar-refractivity contribution in [3.8, 4) is 5.75 Å². The number of carbonyl (C=O) groups is 1. The zero-order valence-corrected chi connectivity index (χ0v) is 12.5. The van der Waals surface area contributed by atoms with Crippen molar-refractivity contribution in [2.75, 3.05) is 6.61 Å². The fraction of sp³-hybridized carbons (Fsp3) is 0.533. The molecule has 0 atom stereocenters. The van der Waals surface area contributed by atoms with Crippen LogP contribution in [0.3, 0.4) is 0 Å². The van der Waals surface area contributed by atoms with Gasteiger partial charge in [0, 0.05) is 0 Å². The molecule has 0 bridgehead atoms. The number of aryl methyl sites for hydroxylation is 1. The van der Waals surface area contributed by atoms with Gasteiger partial charge in [0.1, 0.15) is 5.75 Å². The lowest BCUT2D eigenvalue weighted by atomic mass is 9.87. The average Bonchev–Trinajstić information content (AvgIpc) is 2.31. The molecule has 0 spiro atoms. The van der Waals surface area contributed by atoms with Gasteiger partial charge in [-0.05, 0) is 57.7 Å². The average molecular weight is 285 g/mol. The Labute approximate surface area is 119 Å². The molecule has 0 aromatic heterocycles. The second kappa shape index (κ2) is 6.80. The zero-order chi connectivity index (χ0) is 14.5. The summed E-state index contributed by atoms with van der Waals surface area (Å²) >= 11 is 6.05. The van der Waals surface area contributed by atoms with Gasteiger partial charge in [0.2, 0.25) is 0 Å². The van der Waals surface area contributed by atoms with Crippen molar-refractivity contribution in [3.63, 3.8) is 0 Å². The van der Waals surface area contributed by atoms with Crippen molar-refractivity contribution in [3.05, 3.63) is 28.8 Å². The number of unbranched alkanes of at least 4 members (excludes halogenated alkanes) is 1. The highest BCUT2D eigenvalue weighted by Crippen LogP contribution is 2.26. The molecule has 0 saturated carbocycles. The molecule has 1 aromatic rings. The lowest BCUT2D eigenvalue weighted by molar-refractivity contribution is -0.147. The smallest absolute Gasteiger partial charge is 0.309 e. The largest absolute Gasteiger partial charge is 0.492 e. The standard InChI is InChI=1S/C15H21ClO3/c1-11-6-7-13(12(16)10-11)19-9-5-4-8-15(2,3)14(17)18/h6-7,10H,4-5,8-9H2,1-3H3,(H,17,18). The highest BCUT2D eigenvalue weighted by molar-refractivity contribution is 6.32. The summed E-state index contributed by atoms with van der Waals surface area (Å²) < 4.78 is 5.59. The lowest BCUT2D eigenvalue weighted by Crippen LogP contribution is -2.23. The molecule has 1 aromatic carbocycles. The molecular formula is C15H21ClO3. The van der Waals surface area contributed by atoms with Gasteiger partial charge in [0.15, 0.2) is 0 Å². The predicted octanol–water partition coefficient (Wildman–Crippen LogP) is 4.31. The second-order valence-electron chi connectivity index (χ2n) is 5.43. The topological polar surface area (TPSA) is 46.5 Å². The van der Waals surface area contributed by atoms with E-state index in [2.05, 4.69) is 0 Å². The molecule has 0 heterocycles. The predicted molar refractivity (Wildman–Crippen MR) is 77.0 cm³/mol. The molecule has 106 valence electrons. The van der Waals surface area contributed by atoms with Crippen LogP contribution < -0.4 is 4.74 Å². The van der Waals surface area contributed by atoms with E-state index < -0.39 is 11.4 Å². The number of hydrogen-bond donors (Lipinski definition) is 1. The van der Waals surface area contributed by atoms with Crippen molar-refractivity contribution in [1.82, 2.24) is 0 Å². The summed E-state index contributed by atoms with van der Waals surface area (Å²) in [4.78, 5) is 10.9. The van der Waals surface area contributed by atoms with Gasteiger partial charge in [-0.25, -0.2) is 0 Å². The van der Waals surface area contributed by atoms with E-state index in [0.717, 1.165) is 18.4 Å². The Bertz CT molecular complexity index is 441. The first-order chi connectivity index (χ1) is 8.83. The van der Waals surface area contributed by atoms with Crippen LogP contribution in [0.1, 0.15) is 38.7 Å².